The van der Waals surface area contributed by atoms with Gasteiger partial charge in [0.2, 0.25) is 5.91 Å². The van der Waals surface area contributed by atoms with Crippen LogP contribution in [0.4, 0.5) is 29.5 Å². The van der Waals surface area contributed by atoms with E-state index in [0.29, 0.717) is 50.1 Å². The van der Waals surface area contributed by atoms with Gasteiger partial charge in [0.05, 0.1) is 5.56 Å². The summed E-state index contributed by atoms with van der Waals surface area (Å²) < 4.78 is 41.4. The first-order chi connectivity index (χ1) is 16.6. The number of alkyl halides is 3. The van der Waals surface area contributed by atoms with Crippen LogP contribution in [-0.4, -0.2) is 70.8 Å². The Balaban J connectivity index is 1.41. The molecule has 2 aliphatic heterocycles. The van der Waals surface area contributed by atoms with Gasteiger partial charge in [0.25, 0.3) is 0 Å². The molecular formula is C24H31F3N6O2. The quantitative estimate of drug-likeness (QED) is 0.701. The number of hydrogen-bond acceptors (Lipinski definition) is 5. The van der Waals surface area contributed by atoms with Gasteiger partial charge >= 0.3 is 12.2 Å². The molecule has 1 N–H and O–H groups in total. The summed E-state index contributed by atoms with van der Waals surface area (Å²) in [6, 6.07) is 5.33. The van der Waals surface area contributed by atoms with Crippen molar-refractivity contribution in [3.63, 3.8) is 0 Å². The average Bonchev–Trinajstić information content (AvgIpc) is 3.27. The molecule has 35 heavy (non-hydrogen) atoms. The lowest BCUT2D eigenvalue weighted by molar-refractivity contribution is -0.137. The Hall–Kier alpha value is -3.08. The second-order valence-electron chi connectivity index (χ2n) is 9.38. The van der Waals surface area contributed by atoms with Crippen LogP contribution >= 0.6 is 0 Å². The highest BCUT2D eigenvalue weighted by atomic mass is 19.4. The van der Waals surface area contributed by atoms with Crippen molar-refractivity contribution in [1.82, 2.24) is 19.6 Å². The number of hydrogen-bond donors (Lipinski definition) is 1. The number of nitrogens with one attached hydrogen (secondary N) is 1. The Labute approximate surface area is 202 Å². The Kier molecular flexibility index (Phi) is 7.34. The Morgan fingerprint density at radius 2 is 1.74 bits per heavy atom. The van der Waals surface area contributed by atoms with E-state index >= 15 is 0 Å². The fourth-order valence-corrected chi connectivity index (χ4v) is 4.58. The van der Waals surface area contributed by atoms with E-state index in [4.69, 9.17) is 0 Å². The Morgan fingerprint density at radius 3 is 2.37 bits per heavy atom. The van der Waals surface area contributed by atoms with Crippen LogP contribution in [0.25, 0.3) is 0 Å². The lowest BCUT2D eigenvalue weighted by Crippen LogP contribution is -2.49. The van der Waals surface area contributed by atoms with Gasteiger partial charge in [-0.05, 0) is 36.5 Å². The molecule has 0 radical (unpaired) electrons. The highest BCUT2D eigenvalue weighted by molar-refractivity contribution is 5.88. The number of piperidine rings is 1. The van der Waals surface area contributed by atoms with Gasteiger partial charge in [0.1, 0.15) is 0 Å². The number of rotatable bonds is 4. The molecule has 2 fully saturated rings. The van der Waals surface area contributed by atoms with Crippen molar-refractivity contribution < 1.29 is 22.8 Å². The third kappa shape index (κ3) is 6.14. The summed E-state index contributed by atoms with van der Waals surface area (Å²) >= 11 is 0. The van der Waals surface area contributed by atoms with Crippen molar-refractivity contribution in [2.45, 2.75) is 39.4 Å². The number of halogens is 3. The Morgan fingerprint density at radius 1 is 1.06 bits per heavy atom. The summed E-state index contributed by atoms with van der Waals surface area (Å²) in [6.45, 7) is 7.73. The number of benzene rings is 1. The molecule has 1 aromatic heterocycles. The molecule has 0 bridgehead atoms. The molecule has 0 aliphatic carbocycles. The van der Waals surface area contributed by atoms with Gasteiger partial charge < -0.3 is 15.1 Å². The van der Waals surface area contributed by atoms with Crippen LogP contribution in [0.2, 0.25) is 0 Å². The van der Waals surface area contributed by atoms with Gasteiger partial charge in [-0.2, -0.15) is 17.9 Å². The third-order valence-electron chi connectivity index (χ3n) is 6.66. The second-order valence-corrected chi connectivity index (χ2v) is 9.38. The van der Waals surface area contributed by atoms with Crippen LogP contribution in [0.15, 0.2) is 30.5 Å². The molecule has 190 valence electrons. The van der Waals surface area contributed by atoms with Crippen molar-refractivity contribution in [3.8, 4) is 0 Å². The molecule has 2 aromatic rings. The van der Waals surface area contributed by atoms with Crippen LogP contribution < -0.4 is 10.2 Å². The predicted molar refractivity (Wildman–Crippen MR) is 126 cm³/mol. The van der Waals surface area contributed by atoms with Crippen LogP contribution in [0.5, 0.6) is 0 Å². The van der Waals surface area contributed by atoms with Crippen molar-refractivity contribution in [2.75, 3.05) is 49.5 Å². The van der Waals surface area contributed by atoms with Crippen LogP contribution in [-0.2, 0) is 17.5 Å². The number of amides is 2. The number of aromatic nitrogens is 2. The molecule has 2 amide bonds. The molecule has 0 atom stereocenters. The highest BCUT2D eigenvalue weighted by Gasteiger charge is 2.32. The van der Waals surface area contributed by atoms with E-state index in [1.807, 2.05) is 0 Å². The van der Waals surface area contributed by atoms with Gasteiger partial charge in [-0.3, -0.25) is 9.69 Å². The van der Waals surface area contributed by atoms with E-state index in [1.165, 1.54) is 23.9 Å². The zero-order valence-electron chi connectivity index (χ0n) is 20.0. The molecule has 4 rings (SSSR count). The zero-order valence-corrected chi connectivity index (χ0v) is 20.0. The summed E-state index contributed by atoms with van der Waals surface area (Å²) in [6.07, 6.45) is -0.941. The topological polar surface area (TPSA) is 73.7 Å². The maximum Gasteiger partial charge on any atom is 0.416 e. The summed E-state index contributed by atoms with van der Waals surface area (Å²) in [5.74, 6) is 0.625. The molecular weight excluding hydrogens is 461 g/mol. The minimum absolute atomic E-state index is 0.266. The Bertz CT molecular complexity index is 1050. The fourth-order valence-electron chi connectivity index (χ4n) is 4.58. The molecule has 2 aliphatic rings. The van der Waals surface area contributed by atoms with Crippen LogP contribution in [0.3, 0.4) is 0 Å². The molecule has 2 saturated heterocycles. The molecule has 8 nitrogen and oxygen atoms in total. The zero-order chi connectivity index (χ0) is 25.2. The standard InChI is InChI=1S/C24H31F3N6O2/c1-17-5-8-31(9-6-17)21-15-20(24(25,26)27)4-3-19(21)16-30-11-13-32(14-12-30)23(35)33-10-7-22(29-33)28-18(2)34/h3-4,7,10,15,17H,5-6,8-9,11-14,16H2,1-2H3,(H,28,29,34). The average molecular weight is 493 g/mol. The molecule has 0 unspecified atom stereocenters. The normalized spacial score (nSPS) is 18.1. The molecule has 0 saturated carbocycles. The summed E-state index contributed by atoms with van der Waals surface area (Å²) in [4.78, 5) is 29.9. The maximum atomic E-state index is 13.4. The van der Waals surface area contributed by atoms with E-state index in [2.05, 4.69) is 27.1 Å². The number of nitrogens with zero attached hydrogens (tertiary/aromatic N) is 5. The first kappa shape index (κ1) is 25.0. The van der Waals surface area contributed by atoms with E-state index in [1.54, 1.807) is 17.0 Å². The SMILES string of the molecule is CC(=O)Nc1ccn(C(=O)N2CCN(Cc3ccc(C(F)(F)F)cc3N3CCC(C)CC3)CC2)n1. The summed E-state index contributed by atoms with van der Waals surface area (Å²) in [5.41, 5.74) is 0.912. The van der Waals surface area contributed by atoms with Crippen molar-refractivity contribution in [1.29, 1.82) is 0 Å². The van der Waals surface area contributed by atoms with E-state index in [0.717, 1.165) is 37.6 Å². The lowest BCUT2D eigenvalue weighted by Gasteiger charge is -2.37. The number of anilines is 2. The summed E-state index contributed by atoms with van der Waals surface area (Å²) in [5, 5.41) is 6.63. The second kappa shape index (κ2) is 10.3. The number of carbonyl (C=O) groups is 2. The van der Waals surface area contributed by atoms with Crippen molar-refractivity contribution >= 4 is 23.4 Å². The van der Waals surface area contributed by atoms with Crippen LogP contribution in [0, 0.1) is 5.92 Å². The molecule has 1 aromatic carbocycles. The first-order valence-electron chi connectivity index (χ1n) is 11.9. The monoisotopic (exact) mass is 492 g/mol. The van der Waals surface area contributed by atoms with Crippen molar-refractivity contribution in [2.24, 2.45) is 5.92 Å². The van der Waals surface area contributed by atoms with Gasteiger partial charge in [-0.25, -0.2) is 4.79 Å². The molecule has 0 spiro atoms. The van der Waals surface area contributed by atoms with Gasteiger partial charge in [-0.1, -0.05) is 13.0 Å². The van der Waals surface area contributed by atoms with Gasteiger partial charge in [-0.15, -0.1) is 5.10 Å². The number of carbonyl (C=O) groups excluding carboxylic acids is 2. The lowest BCUT2D eigenvalue weighted by atomic mass is 9.97. The number of piperazine rings is 1. The fraction of sp³-hybridized carbons (Fsp3) is 0.542. The van der Waals surface area contributed by atoms with E-state index < -0.39 is 11.7 Å². The highest BCUT2D eigenvalue weighted by Crippen LogP contribution is 2.35. The largest absolute Gasteiger partial charge is 0.416 e. The smallest absolute Gasteiger partial charge is 0.371 e. The predicted octanol–water partition coefficient (Wildman–Crippen LogP) is 3.88. The van der Waals surface area contributed by atoms with E-state index in [-0.39, 0.29) is 11.9 Å². The third-order valence-corrected chi connectivity index (χ3v) is 6.66. The summed E-state index contributed by atoms with van der Waals surface area (Å²) in [7, 11) is 0. The van der Waals surface area contributed by atoms with Crippen molar-refractivity contribution in [3.05, 3.63) is 41.6 Å². The van der Waals surface area contributed by atoms with Gasteiger partial charge in [0, 0.05) is 70.7 Å². The first-order valence-corrected chi connectivity index (χ1v) is 11.9. The maximum absolute atomic E-state index is 13.4. The van der Waals surface area contributed by atoms with E-state index in [9.17, 15) is 22.8 Å². The van der Waals surface area contributed by atoms with Crippen LogP contribution in [0.1, 0.15) is 37.8 Å². The molecule has 11 heteroatoms. The minimum atomic E-state index is -4.38. The molecule has 3 heterocycles. The van der Waals surface area contributed by atoms with Gasteiger partial charge in [0.15, 0.2) is 5.82 Å². The minimum Gasteiger partial charge on any atom is -0.371 e.